The lowest BCUT2D eigenvalue weighted by molar-refractivity contribution is -0.114. The highest BCUT2D eigenvalue weighted by Crippen LogP contribution is 2.38. The van der Waals surface area contributed by atoms with Gasteiger partial charge in [-0.1, -0.05) is 60.7 Å². The Morgan fingerprint density at radius 3 is 1.62 bits per heavy atom. The molecular weight excluding hydrogens is 350 g/mol. The minimum absolute atomic E-state index is 0.191. The summed E-state index contributed by atoms with van der Waals surface area (Å²) in [7, 11) is -4.52. The van der Waals surface area contributed by atoms with Crippen LogP contribution < -0.4 is 5.32 Å². The van der Waals surface area contributed by atoms with Crippen LogP contribution in [0.25, 0.3) is 22.3 Å². The topological polar surface area (TPSA) is 83.5 Å². The van der Waals surface area contributed by atoms with Gasteiger partial charge in [-0.15, -0.1) is 0 Å². The third kappa shape index (κ3) is 3.82. The van der Waals surface area contributed by atoms with Gasteiger partial charge in [0.05, 0.1) is 0 Å². The molecule has 0 heterocycles. The summed E-state index contributed by atoms with van der Waals surface area (Å²) >= 11 is 0. The molecule has 3 aromatic rings. The predicted octanol–water partition coefficient (Wildman–Crippen LogP) is 4.23. The number of hydrogen-bond acceptors (Lipinski definition) is 3. The Labute approximate surface area is 152 Å². The van der Waals surface area contributed by atoms with Crippen molar-refractivity contribution < 1.29 is 17.8 Å². The van der Waals surface area contributed by atoms with Gasteiger partial charge in [0.1, 0.15) is 4.90 Å². The second-order valence-electron chi connectivity index (χ2n) is 5.79. The fourth-order valence-corrected chi connectivity index (χ4v) is 3.76. The maximum Gasteiger partial charge on any atom is 0.295 e. The van der Waals surface area contributed by atoms with Crippen molar-refractivity contribution in [2.75, 3.05) is 5.32 Å². The summed E-state index contributed by atoms with van der Waals surface area (Å²) in [5, 5.41) is 2.69. The van der Waals surface area contributed by atoms with Crippen molar-refractivity contribution in [2.45, 2.75) is 11.8 Å². The summed E-state index contributed by atoms with van der Waals surface area (Å²) < 4.78 is 34.4. The summed E-state index contributed by atoms with van der Waals surface area (Å²) in [4.78, 5) is 11.3. The van der Waals surface area contributed by atoms with E-state index in [9.17, 15) is 17.8 Å². The molecule has 0 atom stereocenters. The van der Waals surface area contributed by atoms with E-state index in [4.69, 9.17) is 0 Å². The van der Waals surface area contributed by atoms with E-state index in [0.717, 1.165) is 0 Å². The fraction of sp³-hybridized carbons (Fsp3) is 0.0500. The zero-order valence-corrected chi connectivity index (χ0v) is 14.8. The Kier molecular flexibility index (Phi) is 4.88. The SMILES string of the molecule is CC(=O)Nc1cc(-c2ccccc2)c(S(=O)(=O)O)c(-c2ccccc2)c1. The normalized spacial score (nSPS) is 11.2. The van der Waals surface area contributed by atoms with Crippen LogP contribution in [-0.2, 0) is 14.9 Å². The van der Waals surface area contributed by atoms with E-state index in [2.05, 4.69) is 5.32 Å². The number of anilines is 1. The van der Waals surface area contributed by atoms with Gasteiger partial charge < -0.3 is 5.32 Å². The van der Waals surface area contributed by atoms with Crippen molar-refractivity contribution in [2.24, 2.45) is 0 Å². The lowest BCUT2D eigenvalue weighted by atomic mass is 9.97. The molecule has 132 valence electrons. The van der Waals surface area contributed by atoms with Crippen LogP contribution in [0.3, 0.4) is 0 Å². The van der Waals surface area contributed by atoms with E-state index in [-0.39, 0.29) is 10.8 Å². The fourth-order valence-electron chi connectivity index (χ4n) is 2.85. The van der Waals surface area contributed by atoms with Crippen molar-refractivity contribution >= 4 is 21.7 Å². The molecule has 1 amide bonds. The van der Waals surface area contributed by atoms with Gasteiger partial charge in [-0.3, -0.25) is 9.35 Å². The number of benzene rings is 3. The Morgan fingerprint density at radius 2 is 1.27 bits per heavy atom. The Hall–Kier alpha value is -2.96. The van der Waals surface area contributed by atoms with E-state index in [1.165, 1.54) is 6.92 Å². The van der Waals surface area contributed by atoms with Gasteiger partial charge in [0.15, 0.2) is 0 Å². The molecule has 6 heteroatoms. The summed E-state index contributed by atoms with van der Waals surface area (Å²) in [6, 6.07) is 20.8. The average Bonchev–Trinajstić information content (AvgIpc) is 2.61. The van der Waals surface area contributed by atoms with Crippen LogP contribution in [0.4, 0.5) is 5.69 Å². The molecule has 3 rings (SSSR count). The molecular formula is C20H17NO4S. The molecule has 2 N–H and O–H groups in total. The number of rotatable bonds is 4. The summed E-state index contributed by atoms with van der Waals surface area (Å²) in [5.74, 6) is -0.275. The summed E-state index contributed by atoms with van der Waals surface area (Å²) in [6.07, 6.45) is 0. The van der Waals surface area contributed by atoms with Crippen molar-refractivity contribution in [1.82, 2.24) is 0 Å². The molecule has 26 heavy (non-hydrogen) atoms. The first kappa shape index (κ1) is 17.8. The summed E-state index contributed by atoms with van der Waals surface area (Å²) in [5.41, 5.74) is 2.31. The molecule has 0 aliphatic heterocycles. The molecule has 0 unspecified atom stereocenters. The maximum atomic E-state index is 12.2. The minimum atomic E-state index is -4.52. The Morgan fingerprint density at radius 1 is 0.846 bits per heavy atom. The molecule has 0 aliphatic carbocycles. The van der Waals surface area contributed by atoms with Gasteiger partial charge in [-0.25, -0.2) is 0 Å². The lowest BCUT2D eigenvalue weighted by Gasteiger charge is -2.16. The average molecular weight is 367 g/mol. The molecule has 0 fully saturated rings. The first-order valence-corrected chi connectivity index (χ1v) is 9.34. The standard InChI is InChI=1S/C20H17NO4S/c1-14(22)21-17-12-18(15-8-4-2-5-9-15)20(26(23,24)25)19(13-17)16-10-6-3-7-11-16/h2-13H,1H3,(H,21,22)(H,23,24,25). The molecule has 0 spiro atoms. The van der Waals surface area contributed by atoms with Crippen LogP contribution in [0.1, 0.15) is 6.92 Å². The molecule has 0 radical (unpaired) electrons. The van der Waals surface area contributed by atoms with E-state index in [1.807, 2.05) is 12.1 Å². The van der Waals surface area contributed by atoms with E-state index >= 15 is 0 Å². The number of nitrogens with one attached hydrogen (secondary N) is 1. The van der Waals surface area contributed by atoms with Crippen LogP contribution >= 0.6 is 0 Å². The van der Waals surface area contributed by atoms with Crippen LogP contribution in [-0.4, -0.2) is 18.9 Å². The third-order valence-electron chi connectivity index (χ3n) is 3.84. The zero-order chi connectivity index (χ0) is 18.7. The quantitative estimate of drug-likeness (QED) is 0.676. The Balaban J connectivity index is 2.40. The first-order chi connectivity index (χ1) is 12.4. The second kappa shape index (κ2) is 7.11. The molecule has 3 aromatic carbocycles. The van der Waals surface area contributed by atoms with Gasteiger partial charge in [0.2, 0.25) is 5.91 Å². The molecule has 0 saturated heterocycles. The first-order valence-electron chi connectivity index (χ1n) is 7.90. The van der Waals surface area contributed by atoms with Crippen molar-refractivity contribution in [3.8, 4) is 22.3 Å². The third-order valence-corrected chi connectivity index (χ3v) is 4.79. The zero-order valence-electron chi connectivity index (χ0n) is 14.0. The number of carbonyl (C=O) groups excluding carboxylic acids is 1. The molecule has 0 aliphatic rings. The van der Waals surface area contributed by atoms with Crippen LogP contribution in [0.2, 0.25) is 0 Å². The van der Waals surface area contributed by atoms with Crippen LogP contribution in [0, 0.1) is 0 Å². The lowest BCUT2D eigenvalue weighted by Crippen LogP contribution is -2.09. The van der Waals surface area contributed by atoms with Gasteiger partial charge in [-0.05, 0) is 23.3 Å². The molecule has 5 nitrogen and oxygen atoms in total. The monoisotopic (exact) mass is 367 g/mol. The highest BCUT2D eigenvalue weighted by Gasteiger charge is 2.23. The van der Waals surface area contributed by atoms with Gasteiger partial charge in [-0.2, -0.15) is 8.42 Å². The molecule has 0 saturated carbocycles. The van der Waals surface area contributed by atoms with Crippen LogP contribution in [0.5, 0.6) is 0 Å². The predicted molar refractivity (Wildman–Crippen MR) is 101 cm³/mol. The maximum absolute atomic E-state index is 12.2. The largest absolute Gasteiger partial charge is 0.326 e. The Bertz CT molecular complexity index is 985. The highest BCUT2D eigenvalue weighted by molar-refractivity contribution is 7.86. The highest BCUT2D eigenvalue weighted by atomic mass is 32.2. The van der Waals surface area contributed by atoms with Gasteiger partial charge in [0, 0.05) is 23.7 Å². The van der Waals surface area contributed by atoms with Gasteiger partial charge in [0.25, 0.3) is 10.1 Å². The number of carbonyl (C=O) groups is 1. The van der Waals surface area contributed by atoms with Gasteiger partial charge >= 0.3 is 0 Å². The van der Waals surface area contributed by atoms with E-state index in [1.54, 1.807) is 60.7 Å². The molecule has 0 aromatic heterocycles. The van der Waals surface area contributed by atoms with E-state index in [0.29, 0.717) is 27.9 Å². The smallest absolute Gasteiger partial charge is 0.295 e. The number of hydrogen-bond donors (Lipinski definition) is 2. The number of amides is 1. The summed E-state index contributed by atoms with van der Waals surface area (Å²) in [6.45, 7) is 1.38. The van der Waals surface area contributed by atoms with E-state index < -0.39 is 10.1 Å². The van der Waals surface area contributed by atoms with Crippen molar-refractivity contribution in [1.29, 1.82) is 0 Å². The molecule has 0 bridgehead atoms. The van der Waals surface area contributed by atoms with Crippen molar-refractivity contribution in [3.05, 3.63) is 72.8 Å². The van der Waals surface area contributed by atoms with Crippen molar-refractivity contribution in [3.63, 3.8) is 0 Å². The minimum Gasteiger partial charge on any atom is -0.326 e. The second-order valence-corrected chi connectivity index (χ2v) is 7.15. The van der Waals surface area contributed by atoms with Crippen LogP contribution in [0.15, 0.2) is 77.7 Å².